The third-order valence-electron chi connectivity index (χ3n) is 3.75. The topological polar surface area (TPSA) is 77.0 Å². The van der Waals surface area contributed by atoms with Crippen molar-refractivity contribution in [1.29, 1.82) is 0 Å². The van der Waals surface area contributed by atoms with Crippen molar-refractivity contribution in [3.8, 4) is 11.5 Å². The molecule has 29 heavy (non-hydrogen) atoms. The number of carbonyl (C=O) groups is 2. The molecule has 0 saturated heterocycles. The van der Waals surface area contributed by atoms with Crippen molar-refractivity contribution in [1.82, 2.24) is 5.32 Å². The molecule has 3 rings (SSSR count). The van der Waals surface area contributed by atoms with Gasteiger partial charge in [0, 0.05) is 6.92 Å². The van der Waals surface area contributed by atoms with Crippen LogP contribution in [0.2, 0.25) is 0 Å². The summed E-state index contributed by atoms with van der Waals surface area (Å²) in [5.74, 6) is 0.0000998. The number of amides is 2. The smallest absolute Gasteiger partial charge is 0.286 e. The molecule has 0 radical (unpaired) electrons. The lowest BCUT2D eigenvalue weighted by Crippen LogP contribution is -2.23. The number of ether oxygens (including phenoxy) is 2. The van der Waals surface area contributed by atoms with Crippen LogP contribution in [0.1, 0.15) is 25.0 Å². The molecule has 0 spiro atoms. The van der Waals surface area contributed by atoms with Gasteiger partial charge in [0.25, 0.3) is 5.91 Å². The fourth-order valence-corrected chi connectivity index (χ4v) is 3.41. The fraction of sp³-hybridized carbons (Fsp3) is 0.190. The second-order valence-electron chi connectivity index (χ2n) is 6.07. The number of nitrogens with zero attached hydrogens (tertiary/aromatic N) is 1. The van der Waals surface area contributed by atoms with Gasteiger partial charge in [0.2, 0.25) is 5.91 Å². The molecule has 0 bridgehead atoms. The molecule has 0 unspecified atom stereocenters. The Balaban J connectivity index is 1.75. The van der Waals surface area contributed by atoms with Crippen LogP contribution in [-0.2, 0) is 16.2 Å². The summed E-state index contributed by atoms with van der Waals surface area (Å²) in [4.78, 5) is 27.3. The van der Waals surface area contributed by atoms with E-state index < -0.39 is 5.91 Å². The summed E-state index contributed by atoms with van der Waals surface area (Å²) in [5, 5.41) is 2.76. The Labute approximate surface area is 171 Å². The van der Waals surface area contributed by atoms with Crippen LogP contribution in [-0.4, -0.2) is 23.6 Å². The minimum atomic E-state index is -0.414. The number of hydrogen-bond acceptors (Lipinski definition) is 5. The van der Waals surface area contributed by atoms with Crippen LogP contribution in [0.5, 0.6) is 11.5 Å². The van der Waals surface area contributed by atoms with Crippen molar-refractivity contribution in [2.24, 2.45) is 4.99 Å². The second-order valence-corrected chi connectivity index (χ2v) is 7.10. The van der Waals surface area contributed by atoms with Crippen molar-refractivity contribution in [3.05, 3.63) is 64.3 Å². The van der Waals surface area contributed by atoms with Crippen LogP contribution >= 0.6 is 11.8 Å². The van der Waals surface area contributed by atoms with Crippen LogP contribution in [0.15, 0.2) is 52.4 Å². The van der Waals surface area contributed by atoms with E-state index in [1.165, 1.54) is 19.1 Å². The maximum Gasteiger partial charge on any atom is 0.286 e. The highest BCUT2D eigenvalue weighted by Gasteiger charge is 2.22. The Kier molecular flexibility index (Phi) is 6.66. The van der Waals surface area contributed by atoms with E-state index in [1.54, 1.807) is 36.4 Å². The number of thioether (sulfide) groups is 1. The molecule has 1 heterocycles. The lowest BCUT2D eigenvalue weighted by atomic mass is 10.2. The summed E-state index contributed by atoms with van der Waals surface area (Å²) < 4.78 is 24.8. The largest absolute Gasteiger partial charge is 0.490 e. The van der Waals surface area contributed by atoms with Gasteiger partial charge in [-0.15, -0.1) is 0 Å². The van der Waals surface area contributed by atoms with E-state index in [-0.39, 0.29) is 23.5 Å². The number of amidine groups is 1. The molecule has 0 atom stereocenters. The third-order valence-corrected chi connectivity index (χ3v) is 4.65. The first-order valence-corrected chi connectivity index (χ1v) is 9.70. The molecule has 0 saturated carbocycles. The molecule has 0 fully saturated rings. The molecule has 2 amide bonds. The van der Waals surface area contributed by atoms with E-state index in [0.29, 0.717) is 28.6 Å². The van der Waals surface area contributed by atoms with Gasteiger partial charge < -0.3 is 14.8 Å². The summed E-state index contributed by atoms with van der Waals surface area (Å²) >= 11 is 1.10. The Morgan fingerprint density at radius 3 is 2.76 bits per heavy atom. The zero-order valence-corrected chi connectivity index (χ0v) is 16.7. The molecule has 0 aromatic heterocycles. The molecular formula is C21H19FN2O4S. The molecule has 1 aliphatic rings. The minimum Gasteiger partial charge on any atom is -0.490 e. The van der Waals surface area contributed by atoms with Crippen molar-refractivity contribution in [3.63, 3.8) is 0 Å². The number of halogens is 1. The highest BCUT2D eigenvalue weighted by atomic mass is 32.2. The molecule has 1 N–H and O–H groups in total. The monoisotopic (exact) mass is 414 g/mol. The Morgan fingerprint density at radius 2 is 2.03 bits per heavy atom. The summed E-state index contributed by atoms with van der Waals surface area (Å²) in [6.07, 6.45) is 1.67. The van der Waals surface area contributed by atoms with E-state index >= 15 is 0 Å². The molecule has 2 aromatic rings. The number of benzene rings is 2. The van der Waals surface area contributed by atoms with Gasteiger partial charge in [0.1, 0.15) is 12.4 Å². The predicted molar refractivity (Wildman–Crippen MR) is 110 cm³/mol. The maximum atomic E-state index is 13.3. The van der Waals surface area contributed by atoms with Gasteiger partial charge in [0.05, 0.1) is 11.5 Å². The highest BCUT2D eigenvalue weighted by Crippen LogP contribution is 2.32. The SMILES string of the molecule is CCOc1cc(/C=C2/SC(NC(C)=O)=NC2=O)ccc1OCc1cccc(F)c1. The van der Waals surface area contributed by atoms with Gasteiger partial charge in [-0.25, -0.2) is 4.39 Å². The molecule has 150 valence electrons. The summed E-state index contributed by atoms with van der Waals surface area (Å²) in [7, 11) is 0. The molecule has 2 aromatic carbocycles. The normalized spacial score (nSPS) is 14.7. The third kappa shape index (κ3) is 5.68. The predicted octanol–water partition coefficient (Wildman–Crippen LogP) is 3.91. The lowest BCUT2D eigenvalue weighted by molar-refractivity contribution is -0.117. The summed E-state index contributed by atoms with van der Waals surface area (Å²) in [5.41, 5.74) is 1.43. The van der Waals surface area contributed by atoms with E-state index in [1.807, 2.05) is 6.92 Å². The van der Waals surface area contributed by atoms with Crippen molar-refractivity contribution in [2.45, 2.75) is 20.5 Å². The summed E-state index contributed by atoms with van der Waals surface area (Å²) in [6.45, 7) is 3.83. The van der Waals surface area contributed by atoms with Gasteiger partial charge in [-0.1, -0.05) is 18.2 Å². The van der Waals surface area contributed by atoms with Crippen molar-refractivity contribution in [2.75, 3.05) is 6.61 Å². The zero-order valence-electron chi connectivity index (χ0n) is 15.9. The Morgan fingerprint density at radius 1 is 1.21 bits per heavy atom. The molecule has 0 aliphatic carbocycles. The van der Waals surface area contributed by atoms with Crippen LogP contribution in [0.25, 0.3) is 6.08 Å². The van der Waals surface area contributed by atoms with E-state index in [2.05, 4.69) is 10.3 Å². The second kappa shape index (κ2) is 9.38. The van der Waals surface area contributed by atoms with Crippen LogP contribution in [0.3, 0.4) is 0 Å². The van der Waals surface area contributed by atoms with Crippen LogP contribution in [0.4, 0.5) is 4.39 Å². The van der Waals surface area contributed by atoms with E-state index in [4.69, 9.17) is 9.47 Å². The first-order chi connectivity index (χ1) is 13.9. The minimum absolute atomic E-state index is 0.195. The quantitative estimate of drug-likeness (QED) is 0.726. The molecule has 6 nitrogen and oxygen atoms in total. The maximum absolute atomic E-state index is 13.3. The number of rotatable bonds is 6. The number of carbonyl (C=O) groups excluding carboxylic acids is 2. The average Bonchev–Trinajstić information content (AvgIpc) is 2.99. The number of nitrogens with one attached hydrogen (secondary N) is 1. The number of aliphatic imine (C=N–C) groups is 1. The Hall–Kier alpha value is -3.13. The van der Waals surface area contributed by atoms with Crippen LogP contribution in [0, 0.1) is 5.82 Å². The van der Waals surface area contributed by atoms with Crippen molar-refractivity contribution >= 4 is 34.8 Å². The van der Waals surface area contributed by atoms with Gasteiger partial charge >= 0.3 is 0 Å². The van der Waals surface area contributed by atoms with E-state index in [0.717, 1.165) is 17.3 Å². The number of hydrogen-bond donors (Lipinski definition) is 1. The van der Waals surface area contributed by atoms with E-state index in [9.17, 15) is 14.0 Å². The molecular weight excluding hydrogens is 395 g/mol. The lowest BCUT2D eigenvalue weighted by Gasteiger charge is -2.13. The molecule has 8 heteroatoms. The molecule has 1 aliphatic heterocycles. The van der Waals surface area contributed by atoms with Crippen LogP contribution < -0.4 is 14.8 Å². The standard InChI is InChI=1S/C21H19FN2O4S/c1-3-27-18-10-14(11-19-20(26)24-21(29-19)23-13(2)25)7-8-17(18)28-12-15-5-4-6-16(22)9-15/h4-11H,3,12H2,1-2H3,(H,23,24,25,26)/b19-11+. The first kappa shape index (κ1) is 20.6. The first-order valence-electron chi connectivity index (χ1n) is 8.89. The van der Waals surface area contributed by atoms with Gasteiger partial charge in [-0.3, -0.25) is 9.59 Å². The summed E-state index contributed by atoms with van der Waals surface area (Å²) in [6, 6.07) is 11.5. The highest BCUT2D eigenvalue weighted by molar-refractivity contribution is 8.18. The Bertz CT molecular complexity index is 1000. The van der Waals surface area contributed by atoms with Gasteiger partial charge in [-0.05, 0) is 60.2 Å². The van der Waals surface area contributed by atoms with Crippen molar-refractivity contribution < 1.29 is 23.5 Å². The average molecular weight is 414 g/mol. The fourth-order valence-electron chi connectivity index (χ4n) is 2.55. The van der Waals surface area contributed by atoms with Gasteiger partial charge in [0.15, 0.2) is 16.7 Å². The van der Waals surface area contributed by atoms with Gasteiger partial charge in [-0.2, -0.15) is 4.99 Å². The zero-order chi connectivity index (χ0) is 20.8.